The van der Waals surface area contributed by atoms with Crippen molar-refractivity contribution >= 4 is 24.2 Å². The largest absolute Gasteiger partial charge is 0.368 e. The minimum absolute atomic E-state index is 0. The molecule has 6 heteroatoms. The molecule has 0 aromatic rings. The topological polar surface area (TPSA) is 89.4 Å². The molecule has 1 aliphatic heterocycles. The molecule has 1 saturated heterocycles. The second kappa shape index (κ2) is 5.17. The molecule has 14 heavy (non-hydrogen) atoms. The zero-order chi connectivity index (χ0) is 10.0. The van der Waals surface area contributed by atoms with Crippen molar-refractivity contribution in [3.8, 4) is 0 Å². The van der Waals surface area contributed by atoms with Crippen molar-refractivity contribution in [1.82, 2.24) is 4.90 Å². The highest BCUT2D eigenvalue weighted by molar-refractivity contribution is 5.89. The fourth-order valence-corrected chi connectivity index (χ4v) is 1.59. The second-order valence-corrected chi connectivity index (χ2v) is 3.38. The Hall–Kier alpha value is -0.810. The summed E-state index contributed by atoms with van der Waals surface area (Å²) in [6, 6.07) is -1.00. The number of primary amides is 1. The van der Waals surface area contributed by atoms with Crippen molar-refractivity contribution in [2.45, 2.75) is 31.8 Å². The van der Waals surface area contributed by atoms with Crippen molar-refractivity contribution in [2.24, 2.45) is 11.5 Å². The van der Waals surface area contributed by atoms with E-state index in [1.165, 1.54) is 4.90 Å². The van der Waals surface area contributed by atoms with Gasteiger partial charge < -0.3 is 16.4 Å². The fourth-order valence-electron chi connectivity index (χ4n) is 1.59. The Kier molecular flexibility index (Phi) is 4.87. The van der Waals surface area contributed by atoms with Gasteiger partial charge in [0, 0.05) is 6.54 Å². The zero-order valence-electron chi connectivity index (χ0n) is 8.10. The summed E-state index contributed by atoms with van der Waals surface area (Å²) in [5, 5.41) is 0. The van der Waals surface area contributed by atoms with Gasteiger partial charge in [-0.3, -0.25) is 9.59 Å². The number of hydrogen-bond donors (Lipinski definition) is 2. The number of amides is 2. The van der Waals surface area contributed by atoms with E-state index in [9.17, 15) is 9.59 Å². The Morgan fingerprint density at radius 2 is 2.07 bits per heavy atom. The van der Waals surface area contributed by atoms with E-state index < -0.39 is 18.0 Å². The molecule has 1 aliphatic rings. The number of likely N-dealkylation sites (tertiary alicyclic amines) is 1. The van der Waals surface area contributed by atoms with E-state index in [1.807, 2.05) is 0 Å². The molecule has 2 atom stereocenters. The summed E-state index contributed by atoms with van der Waals surface area (Å²) < 4.78 is 0. The van der Waals surface area contributed by atoms with Gasteiger partial charge in [0.05, 0.1) is 6.04 Å². The third kappa shape index (κ3) is 2.59. The van der Waals surface area contributed by atoms with Gasteiger partial charge in [-0.25, -0.2) is 0 Å². The van der Waals surface area contributed by atoms with E-state index >= 15 is 0 Å². The zero-order valence-corrected chi connectivity index (χ0v) is 8.92. The summed E-state index contributed by atoms with van der Waals surface area (Å²) in [4.78, 5) is 23.9. The number of nitrogens with two attached hydrogens (primary N) is 2. The predicted molar refractivity (Wildman–Crippen MR) is 54.8 cm³/mol. The van der Waals surface area contributed by atoms with Gasteiger partial charge in [0.15, 0.2) is 0 Å². The third-order valence-electron chi connectivity index (χ3n) is 2.25. The molecule has 0 saturated carbocycles. The SMILES string of the molecule is C[C@H](N)C(=O)N1CCC[C@H]1C(N)=O.Cl. The smallest absolute Gasteiger partial charge is 0.240 e. The summed E-state index contributed by atoms with van der Waals surface area (Å²) in [5.41, 5.74) is 10.6. The molecule has 0 spiro atoms. The predicted octanol–water partition coefficient (Wildman–Crippen LogP) is -0.768. The van der Waals surface area contributed by atoms with Crippen LogP contribution in [0.5, 0.6) is 0 Å². The molecule has 1 heterocycles. The van der Waals surface area contributed by atoms with E-state index in [0.29, 0.717) is 13.0 Å². The first-order valence-electron chi connectivity index (χ1n) is 4.39. The van der Waals surface area contributed by atoms with Gasteiger partial charge in [-0.2, -0.15) is 0 Å². The van der Waals surface area contributed by atoms with Crippen molar-refractivity contribution in [1.29, 1.82) is 0 Å². The standard InChI is InChI=1S/C8H15N3O2.ClH/c1-5(9)8(13)11-4-2-3-6(11)7(10)12;/h5-6H,2-4,9H2,1H3,(H2,10,12);1H/t5-,6-;/m0./s1. The van der Waals surface area contributed by atoms with Gasteiger partial charge in [0.25, 0.3) is 0 Å². The lowest BCUT2D eigenvalue weighted by Gasteiger charge is -2.23. The Morgan fingerprint density at radius 3 is 2.50 bits per heavy atom. The molecule has 0 aromatic heterocycles. The normalized spacial score (nSPS) is 22.7. The highest BCUT2D eigenvalue weighted by Gasteiger charge is 2.33. The van der Waals surface area contributed by atoms with Crippen molar-refractivity contribution in [3.05, 3.63) is 0 Å². The quantitative estimate of drug-likeness (QED) is 0.642. The van der Waals surface area contributed by atoms with Crippen LogP contribution in [0.4, 0.5) is 0 Å². The van der Waals surface area contributed by atoms with E-state index in [1.54, 1.807) is 6.92 Å². The van der Waals surface area contributed by atoms with Crippen LogP contribution in [-0.4, -0.2) is 35.3 Å². The van der Waals surface area contributed by atoms with Gasteiger partial charge in [0.2, 0.25) is 11.8 Å². The lowest BCUT2D eigenvalue weighted by molar-refractivity contribution is -0.138. The molecule has 82 valence electrons. The van der Waals surface area contributed by atoms with Crippen LogP contribution in [0.2, 0.25) is 0 Å². The van der Waals surface area contributed by atoms with E-state index in [-0.39, 0.29) is 18.3 Å². The van der Waals surface area contributed by atoms with E-state index in [2.05, 4.69) is 0 Å². The van der Waals surface area contributed by atoms with Crippen LogP contribution in [-0.2, 0) is 9.59 Å². The van der Waals surface area contributed by atoms with Crippen molar-refractivity contribution < 1.29 is 9.59 Å². The Labute approximate surface area is 89.2 Å². The first-order valence-corrected chi connectivity index (χ1v) is 4.39. The molecule has 0 radical (unpaired) electrons. The summed E-state index contributed by atoms with van der Waals surface area (Å²) in [6.45, 7) is 2.20. The maximum atomic E-state index is 11.5. The first-order chi connectivity index (χ1) is 6.04. The summed E-state index contributed by atoms with van der Waals surface area (Å²) >= 11 is 0. The number of nitrogens with zero attached hydrogens (tertiary/aromatic N) is 1. The maximum Gasteiger partial charge on any atom is 0.240 e. The van der Waals surface area contributed by atoms with Crippen LogP contribution in [0.25, 0.3) is 0 Å². The van der Waals surface area contributed by atoms with Gasteiger partial charge in [0.1, 0.15) is 6.04 Å². The van der Waals surface area contributed by atoms with Gasteiger partial charge in [-0.1, -0.05) is 0 Å². The minimum atomic E-state index is -0.556. The monoisotopic (exact) mass is 221 g/mol. The Bertz CT molecular complexity index is 233. The van der Waals surface area contributed by atoms with Gasteiger partial charge in [-0.05, 0) is 19.8 Å². The number of carbonyl (C=O) groups excluding carboxylic acids is 2. The van der Waals surface area contributed by atoms with Crippen LogP contribution in [0, 0.1) is 0 Å². The van der Waals surface area contributed by atoms with Crippen LogP contribution in [0.3, 0.4) is 0 Å². The van der Waals surface area contributed by atoms with E-state index in [4.69, 9.17) is 11.5 Å². The average molecular weight is 222 g/mol. The van der Waals surface area contributed by atoms with E-state index in [0.717, 1.165) is 6.42 Å². The number of hydrogen-bond acceptors (Lipinski definition) is 3. The van der Waals surface area contributed by atoms with Crippen molar-refractivity contribution in [3.63, 3.8) is 0 Å². The molecule has 0 unspecified atom stereocenters. The molecule has 0 aliphatic carbocycles. The van der Waals surface area contributed by atoms with Crippen molar-refractivity contribution in [2.75, 3.05) is 6.54 Å². The number of halogens is 1. The van der Waals surface area contributed by atoms with Crippen LogP contribution in [0.15, 0.2) is 0 Å². The van der Waals surface area contributed by atoms with Crippen LogP contribution < -0.4 is 11.5 Å². The molecular weight excluding hydrogens is 206 g/mol. The third-order valence-corrected chi connectivity index (χ3v) is 2.25. The van der Waals surface area contributed by atoms with Crippen LogP contribution >= 0.6 is 12.4 Å². The Morgan fingerprint density at radius 1 is 1.50 bits per heavy atom. The van der Waals surface area contributed by atoms with Gasteiger partial charge in [-0.15, -0.1) is 12.4 Å². The summed E-state index contributed by atoms with van der Waals surface area (Å²) in [5.74, 6) is -0.632. The second-order valence-electron chi connectivity index (χ2n) is 3.38. The molecule has 1 fully saturated rings. The lowest BCUT2D eigenvalue weighted by atomic mass is 10.2. The minimum Gasteiger partial charge on any atom is -0.368 e. The number of carbonyl (C=O) groups is 2. The molecule has 1 rings (SSSR count). The molecular formula is C8H16ClN3O2. The highest BCUT2D eigenvalue weighted by Crippen LogP contribution is 2.17. The molecule has 2 amide bonds. The lowest BCUT2D eigenvalue weighted by Crippen LogP contribution is -2.49. The summed E-state index contributed by atoms with van der Waals surface area (Å²) in [6.07, 6.45) is 1.49. The molecule has 5 nitrogen and oxygen atoms in total. The average Bonchev–Trinajstić information content (AvgIpc) is 2.50. The maximum absolute atomic E-state index is 11.5. The van der Waals surface area contributed by atoms with Gasteiger partial charge >= 0.3 is 0 Å². The number of rotatable bonds is 2. The first kappa shape index (κ1) is 13.2. The molecule has 0 aromatic carbocycles. The molecule has 4 N–H and O–H groups in total. The summed E-state index contributed by atoms with van der Waals surface area (Å²) in [7, 11) is 0. The van der Waals surface area contributed by atoms with Crippen LogP contribution in [0.1, 0.15) is 19.8 Å². The molecule has 0 bridgehead atoms. The fraction of sp³-hybridized carbons (Fsp3) is 0.750. The highest BCUT2D eigenvalue weighted by atomic mass is 35.5. The Balaban J connectivity index is 0.00000169.